The Morgan fingerprint density at radius 2 is 2.05 bits per heavy atom. The van der Waals surface area contributed by atoms with Gasteiger partial charge in [-0.2, -0.15) is 0 Å². The van der Waals surface area contributed by atoms with Gasteiger partial charge in [-0.15, -0.1) is 5.10 Å². The summed E-state index contributed by atoms with van der Waals surface area (Å²) in [5.74, 6) is 0.962. The molecule has 3 rings (SSSR count). The first-order valence-electron chi connectivity index (χ1n) is 6.76. The molecule has 1 saturated carbocycles. The highest BCUT2D eigenvalue weighted by molar-refractivity contribution is 5.96. The molecule has 2 atom stereocenters. The van der Waals surface area contributed by atoms with E-state index in [-0.39, 0.29) is 11.7 Å². The van der Waals surface area contributed by atoms with E-state index in [2.05, 4.69) is 17.2 Å². The fraction of sp³-hybridized carbons (Fsp3) is 0.400. The molecule has 1 aromatic carbocycles. The maximum absolute atomic E-state index is 12.5. The minimum Gasteiger partial charge on any atom is -0.292 e. The molecule has 2 unspecified atom stereocenters. The Balaban J connectivity index is 1.90. The van der Waals surface area contributed by atoms with Gasteiger partial charge in [-0.3, -0.25) is 4.79 Å². The van der Waals surface area contributed by atoms with Crippen molar-refractivity contribution in [2.24, 2.45) is 11.8 Å². The monoisotopic (exact) mass is 255 g/mol. The average Bonchev–Trinajstić information content (AvgIpc) is 3.07. The zero-order chi connectivity index (χ0) is 13.2. The molecule has 0 spiro atoms. The summed E-state index contributed by atoms with van der Waals surface area (Å²) in [6, 6.07) is 9.68. The van der Waals surface area contributed by atoms with Crippen LogP contribution in [0, 0.1) is 11.8 Å². The fourth-order valence-electron chi connectivity index (χ4n) is 2.82. The molecule has 1 fully saturated rings. The van der Waals surface area contributed by atoms with Gasteiger partial charge in [0.2, 0.25) is 0 Å². The highest BCUT2D eigenvalue weighted by Crippen LogP contribution is 2.32. The number of carbonyl (C=O) groups excluding carboxylic acids is 1. The number of hydrogen-bond acceptors (Lipinski definition) is 3. The molecule has 19 heavy (non-hydrogen) atoms. The van der Waals surface area contributed by atoms with E-state index in [9.17, 15) is 4.79 Å². The number of hydrogen-bond donors (Lipinski definition) is 0. The Bertz CT molecular complexity index is 576. The Labute approximate surface area is 112 Å². The molecule has 0 radical (unpaired) electrons. The first-order valence-corrected chi connectivity index (χ1v) is 6.76. The lowest BCUT2D eigenvalue weighted by Gasteiger charge is -2.09. The lowest BCUT2D eigenvalue weighted by atomic mass is 9.99. The number of aromatic nitrogens is 3. The second kappa shape index (κ2) is 4.96. The van der Waals surface area contributed by atoms with Crippen molar-refractivity contribution >= 4 is 5.78 Å². The van der Waals surface area contributed by atoms with Crippen LogP contribution < -0.4 is 0 Å². The topological polar surface area (TPSA) is 47.8 Å². The summed E-state index contributed by atoms with van der Waals surface area (Å²) in [7, 11) is 0. The molecule has 4 nitrogen and oxygen atoms in total. The second-order valence-corrected chi connectivity index (χ2v) is 5.35. The molecule has 0 aliphatic heterocycles. The molecular formula is C15H17N3O. The maximum atomic E-state index is 12.5. The Morgan fingerprint density at radius 1 is 1.26 bits per heavy atom. The molecule has 1 aromatic heterocycles. The third-order valence-electron chi connectivity index (χ3n) is 3.87. The van der Waals surface area contributed by atoms with Crippen molar-refractivity contribution in [1.29, 1.82) is 0 Å². The largest absolute Gasteiger partial charge is 0.292 e. The van der Waals surface area contributed by atoms with Crippen LogP contribution in [0.3, 0.4) is 0 Å². The van der Waals surface area contributed by atoms with Gasteiger partial charge in [0.05, 0.1) is 11.9 Å². The Kier molecular flexibility index (Phi) is 3.15. The number of carbonyl (C=O) groups is 1. The van der Waals surface area contributed by atoms with Gasteiger partial charge >= 0.3 is 0 Å². The number of Topliss-reactive ketones (excluding diaryl/α,β-unsaturated/α-hetero) is 1. The number of benzene rings is 1. The van der Waals surface area contributed by atoms with E-state index in [0.29, 0.717) is 11.6 Å². The van der Waals surface area contributed by atoms with Gasteiger partial charge in [0, 0.05) is 5.92 Å². The van der Waals surface area contributed by atoms with Gasteiger partial charge in [0.15, 0.2) is 5.78 Å². The van der Waals surface area contributed by atoms with Gasteiger partial charge in [0.1, 0.15) is 5.69 Å². The van der Waals surface area contributed by atoms with Crippen LogP contribution in [-0.4, -0.2) is 20.8 Å². The molecule has 1 heterocycles. The van der Waals surface area contributed by atoms with Crippen LogP contribution >= 0.6 is 0 Å². The zero-order valence-electron chi connectivity index (χ0n) is 11.0. The number of ketones is 1. The van der Waals surface area contributed by atoms with Crippen molar-refractivity contribution < 1.29 is 4.79 Å². The van der Waals surface area contributed by atoms with Gasteiger partial charge in [-0.05, 0) is 37.3 Å². The van der Waals surface area contributed by atoms with Gasteiger partial charge in [-0.25, -0.2) is 4.68 Å². The summed E-state index contributed by atoms with van der Waals surface area (Å²) >= 11 is 0. The Hall–Kier alpha value is -1.97. The van der Waals surface area contributed by atoms with Crippen molar-refractivity contribution in [1.82, 2.24) is 15.0 Å². The summed E-state index contributed by atoms with van der Waals surface area (Å²) in [5.41, 5.74) is 1.49. The normalized spacial score (nSPS) is 22.6. The summed E-state index contributed by atoms with van der Waals surface area (Å²) in [4.78, 5) is 12.5. The lowest BCUT2D eigenvalue weighted by molar-refractivity contribution is 0.0912. The number of para-hydroxylation sites is 1. The van der Waals surface area contributed by atoms with Crippen LogP contribution in [0.25, 0.3) is 5.69 Å². The van der Waals surface area contributed by atoms with Gasteiger partial charge in [-0.1, -0.05) is 30.3 Å². The van der Waals surface area contributed by atoms with Crippen LogP contribution in [0.4, 0.5) is 0 Å². The van der Waals surface area contributed by atoms with E-state index in [1.54, 1.807) is 10.9 Å². The summed E-state index contributed by atoms with van der Waals surface area (Å²) in [6.45, 7) is 2.21. The molecule has 98 valence electrons. The fourth-order valence-corrected chi connectivity index (χ4v) is 2.82. The molecule has 0 bridgehead atoms. The lowest BCUT2D eigenvalue weighted by Crippen LogP contribution is -2.16. The first kappa shape index (κ1) is 12.1. The van der Waals surface area contributed by atoms with E-state index in [1.807, 2.05) is 30.3 Å². The smallest absolute Gasteiger partial charge is 0.186 e. The maximum Gasteiger partial charge on any atom is 0.186 e. The van der Waals surface area contributed by atoms with Crippen molar-refractivity contribution in [3.8, 4) is 5.69 Å². The van der Waals surface area contributed by atoms with Crippen molar-refractivity contribution in [2.75, 3.05) is 0 Å². The van der Waals surface area contributed by atoms with Crippen LogP contribution in [0.5, 0.6) is 0 Å². The van der Waals surface area contributed by atoms with Crippen molar-refractivity contribution in [3.63, 3.8) is 0 Å². The molecule has 0 N–H and O–H groups in total. The minimum absolute atomic E-state index is 0.135. The number of rotatable bonds is 3. The summed E-state index contributed by atoms with van der Waals surface area (Å²) < 4.78 is 1.64. The molecule has 1 aliphatic rings. The van der Waals surface area contributed by atoms with Gasteiger partial charge in [0.25, 0.3) is 0 Å². The molecule has 1 aliphatic carbocycles. The Morgan fingerprint density at radius 3 is 2.74 bits per heavy atom. The third kappa shape index (κ3) is 2.30. The first-order chi connectivity index (χ1) is 9.25. The predicted molar refractivity (Wildman–Crippen MR) is 72.2 cm³/mol. The SMILES string of the molecule is CC1CCC(C(=O)c2cnnn2-c2ccccc2)C1. The van der Waals surface area contributed by atoms with E-state index < -0.39 is 0 Å². The predicted octanol–water partition coefficient (Wildman–Crippen LogP) is 2.89. The van der Waals surface area contributed by atoms with Gasteiger partial charge < -0.3 is 0 Å². The second-order valence-electron chi connectivity index (χ2n) is 5.35. The molecule has 4 heteroatoms. The number of nitrogens with zero attached hydrogens (tertiary/aromatic N) is 3. The van der Waals surface area contributed by atoms with Crippen LogP contribution in [0.2, 0.25) is 0 Å². The van der Waals surface area contributed by atoms with Crippen LogP contribution in [-0.2, 0) is 0 Å². The highest BCUT2D eigenvalue weighted by atomic mass is 16.1. The van der Waals surface area contributed by atoms with E-state index >= 15 is 0 Å². The zero-order valence-corrected chi connectivity index (χ0v) is 11.0. The average molecular weight is 255 g/mol. The van der Waals surface area contributed by atoms with E-state index in [0.717, 1.165) is 24.9 Å². The van der Waals surface area contributed by atoms with E-state index in [4.69, 9.17) is 0 Å². The molecular weight excluding hydrogens is 238 g/mol. The molecule has 0 amide bonds. The van der Waals surface area contributed by atoms with E-state index in [1.165, 1.54) is 0 Å². The molecule has 0 saturated heterocycles. The van der Waals surface area contributed by atoms with Crippen LogP contribution in [0.15, 0.2) is 36.5 Å². The summed E-state index contributed by atoms with van der Waals surface area (Å²) in [5, 5.41) is 7.95. The third-order valence-corrected chi connectivity index (χ3v) is 3.87. The minimum atomic E-state index is 0.135. The standard InChI is InChI=1S/C15H17N3O/c1-11-7-8-12(9-11)15(19)14-10-16-17-18(14)13-5-3-2-4-6-13/h2-6,10-12H,7-9H2,1H3. The quantitative estimate of drug-likeness (QED) is 0.792. The van der Waals surface area contributed by atoms with Crippen molar-refractivity contribution in [2.45, 2.75) is 26.2 Å². The highest BCUT2D eigenvalue weighted by Gasteiger charge is 2.30. The molecule has 2 aromatic rings. The summed E-state index contributed by atoms with van der Waals surface area (Å²) in [6.07, 6.45) is 4.69. The van der Waals surface area contributed by atoms with Crippen LogP contribution in [0.1, 0.15) is 36.7 Å². The van der Waals surface area contributed by atoms with Crippen molar-refractivity contribution in [3.05, 3.63) is 42.2 Å².